The Kier molecular flexibility index (Phi) is 4.43. The molecule has 1 aromatic carbocycles. The molecule has 1 saturated heterocycles. The lowest BCUT2D eigenvalue weighted by atomic mass is 9.91. The summed E-state index contributed by atoms with van der Waals surface area (Å²) in [6.45, 7) is 1.08. The molecule has 1 aliphatic heterocycles. The second-order valence-electron chi connectivity index (χ2n) is 6.20. The molecular formula is C16H17Cl2NO4. The first-order chi connectivity index (χ1) is 10.9. The largest absolute Gasteiger partial charge is 0.482 e. The Balaban J connectivity index is 1.49. The lowest BCUT2D eigenvalue weighted by molar-refractivity contribution is -0.140. The number of aliphatic carboxylic acids is 1. The molecule has 1 spiro atoms. The summed E-state index contributed by atoms with van der Waals surface area (Å²) < 4.78 is 5.46. The van der Waals surface area contributed by atoms with E-state index in [4.69, 9.17) is 33.0 Å². The van der Waals surface area contributed by atoms with Gasteiger partial charge in [0.2, 0.25) is 0 Å². The van der Waals surface area contributed by atoms with E-state index in [1.165, 1.54) is 0 Å². The Morgan fingerprint density at radius 3 is 2.57 bits per heavy atom. The van der Waals surface area contributed by atoms with Gasteiger partial charge in [0, 0.05) is 18.1 Å². The molecule has 0 radical (unpaired) electrons. The van der Waals surface area contributed by atoms with Crippen molar-refractivity contribution in [2.75, 3.05) is 19.7 Å². The Morgan fingerprint density at radius 2 is 2.00 bits per heavy atom. The number of rotatable bonds is 4. The average molecular weight is 358 g/mol. The molecule has 23 heavy (non-hydrogen) atoms. The molecule has 0 aromatic heterocycles. The van der Waals surface area contributed by atoms with Gasteiger partial charge in [0.25, 0.3) is 5.91 Å². The molecule has 1 aromatic rings. The third kappa shape index (κ3) is 3.40. The minimum absolute atomic E-state index is 0.0804. The third-order valence-electron chi connectivity index (χ3n) is 4.84. The summed E-state index contributed by atoms with van der Waals surface area (Å²) in [7, 11) is 0. The van der Waals surface area contributed by atoms with Crippen LogP contribution in [0.15, 0.2) is 18.2 Å². The van der Waals surface area contributed by atoms with E-state index in [0.717, 1.165) is 19.3 Å². The van der Waals surface area contributed by atoms with Crippen molar-refractivity contribution in [2.45, 2.75) is 19.3 Å². The summed E-state index contributed by atoms with van der Waals surface area (Å²) in [4.78, 5) is 25.0. The Morgan fingerprint density at radius 1 is 1.30 bits per heavy atom. The molecule has 5 nitrogen and oxygen atoms in total. The van der Waals surface area contributed by atoms with Crippen LogP contribution in [0.3, 0.4) is 0 Å². The highest BCUT2D eigenvalue weighted by Crippen LogP contribution is 2.59. The van der Waals surface area contributed by atoms with Gasteiger partial charge in [0.05, 0.1) is 10.9 Å². The molecule has 1 heterocycles. The number of benzene rings is 1. The summed E-state index contributed by atoms with van der Waals surface area (Å²) in [6, 6.07) is 4.84. The van der Waals surface area contributed by atoms with Crippen LogP contribution in [-0.2, 0) is 9.59 Å². The van der Waals surface area contributed by atoms with E-state index in [9.17, 15) is 9.59 Å². The topological polar surface area (TPSA) is 66.8 Å². The van der Waals surface area contributed by atoms with Crippen LogP contribution in [0.5, 0.6) is 5.75 Å². The van der Waals surface area contributed by atoms with Crippen LogP contribution in [0.4, 0.5) is 0 Å². The van der Waals surface area contributed by atoms with Gasteiger partial charge in [-0.3, -0.25) is 9.59 Å². The highest BCUT2D eigenvalue weighted by Gasteiger charge is 2.59. The minimum atomic E-state index is -0.717. The van der Waals surface area contributed by atoms with Crippen LogP contribution in [0.25, 0.3) is 0 Å². The molecule has 124 valence electrons. The van der Waals surface area contributed by atoms with Crippen molar-refractivity contribution in [3.8, 4) is 5.75 Å². The number of carboxylic acids is 1. The van der Waals surface area contributed by atoms with Crippen LogP contribution in [0.1, 0.15) is 19.3 Å². The van der Waals surface area contributed by atoms with Gasteiger partial charge < -0.3 is 14.7 Å². The lowest BCUT2D eigenvalue weighted by Gasteiger charge is -2.32. The molecule has 1 aliphatic carbocycles. The molecule has 1 amide bonds. The lowest BCUT2D eigenvalue weighted by Crippen LogP contribution is -2.42. The highest BCUT2D eigenvalue weighted by atomic mass is 35.5. The fraction of sp³-hybridized carbons (Fsp3) is 0.500. The fourth-order valence-corrected chi connectivity index (χ4v) is 3.74. The molecule has 7 heteroatoms. The molecule has 2 fully saturated rings. The molecule has 0 bridgehead atoms. The molecular weight excluding hydrogens is 341 g/mol. The predicted molar refractivity (Wildman–Crippen MR) is 85.9 cm³/mol. The van der Waals surface area contributed by atoms with Crippen LogP contribution in [0.2, 0.25) is 10.0 Å². The first-order valence-electron chi connectivity index (χ1n) is 7.50. The molecule has 1 atom stereocenters. The van der Waals surface area contributed by atoms with Gasteiger partial charge in [-0.15, -0.1) is 0 Å². The van der Waals surface area contributed by atoms with E-state index in [2.05, 4.69) is 0 Å². The standard InChI is InChI=1S/C16H17Cl2NO4/c17-10-1-2-13(12(18)7-10)23-9-14(20)19-5-3-16(4-6-19)8-11(16)15(21)22/h1-2,7,11H,3-6,8-9H2,(H,21,22). The maximum absolute atomic E-state index is 12.2. The summed E-state index contributed by atoms with van der Waals surface area (Å²) >= 11 is 11.8. The number of carboxylic acid groups (broad SMARTS) is 1. The first kappa shape index (κ1) is 16.4. The van der Waals surface area contributed by atoms with Gasteiger partial charge in [-0.2, -0.15) is 0 Å². The number of likely N-dealkylation sites (tertiary alicyclic amines) is 1. The van der Waals surface area contributed by atoms with Gasteiger partial charge in [-0.1, -0.05) is 23.2 Å². The second kappa shape index (κ2) is 6.21. The zero-order chi connectivity index (χ0) is 16.6. The SMILES string of the molecule is O=C(O)C1CC12CCN(C(=O)COc1ccc(Cl)cc1Cl)CC2. The number of carbonyl (C=O) groups excluding carboxylic acids is 1. The van der Waals surface area contributed by atoms with Crippen LogP contribution >= 0.6 is 23.2 Å². The van der Waals surface area contributed by atoms with E-state index in [1.807, 2.05) is 0 Å². The summed E-state index contributed by atoms with van der Waals surface area (Å²) in [6.07, 6.45) is 2.23. The van der Waals surface area contributed by atoms with Crippen molar-refractivity contribution < 1.29 is 19.4 Å². The van der Waals surface area contributed by atoms with Crippen LogP contribution < -0.4 is 4.74 Å². The number of hydrogen-bond acceptors (Lipinski definition) is 3. The summed E-state index contributed by atoms with van der Waals surface area (Å²) in [5, 5.41) is 9.95. The first-order valence-corrected chi connectivity index (χ1v) is 8.25. The van der Waals surface area contributed by atoms with Crippen molar-refractivity contribution >= 4 is 35.1 Å². The smallest absolute Gasteiger partial charge is 0.307 e. The Labute approximate surface area is 144 Å². The third-order valence-corrected chi connectivity index (χ3v) is 5.38. The number of carbonyl (C=O) groups is 2. The normalized spacial score (nSPS) is 22.0. The number of halogens is 2. The fourth-order valence-electron chi connectivity index (χ4n) is 3.27. The zero-order valence-corrected chi connectivity index (χ0v) is 13.9. The van der Waals surface area contributed by atoms with Gasteiger partial charge in [-0.05, 0) is 42.9 Å². The van der Waals surface area contributed by atoms with Crippen LogP contribution in [-0.4, -0.2) is 41.6 Å². The van der Waals surface area contributed by atoms with E-state index >= 15 is 0 Å². The Hall–Kier alpha value is -1.46. The maximum Gasteiger partial charge on any atom is 0.307 e. The van der Waals surface area contributed by atoms with Gasteiger partial charge in [0.1, 0.15) is 5.75 Å². The minimum Gasteiger partial charge on any atom is -0.482 e. The van der Waals surface area contributed by atoms with Crippen LogP contribution in [0, 0.1) is 11.3 Å². The molecule has 3 rings (SSSR count). The molecule has 1 N–H and O–H groups in total. The van der Waals surface area contributed by atoms with Crippen molar-refractivity contribution in [3.63, 3.8) is 0 Å². The van der Waals surface area contributed by atoms with E-state index in [0.29, 0.717) is 28.9 Å². The number of nitrogens with zero attached hydrogens (tertiary/aromatic N) is 1. The number of piperidine rings is 1. The molecule has 1 saturated carbocycles. The maximum atomic E-state index is 12.2. The van der Waals surface area contributed by atoms with Gasteiger partial charge >= 0.3 is 5.97 Å². The number of hydrogen-bond donors (Lipinski definition) is 1. The summed E-state index contributed by atoms with van der Waals surface area (Å²) in [5.74, 6) is -0.640. The predicted octanol–water partition coefficient (Wildman–Crippen LogP) is 3.09. The molecule has 1 unspecified atom stereocenters. The van der Waals surface area contributed by atoms with Gasteiger partial charge in [-0.25, -0.2) is 0 Å². The van der Waals surface area contributed by atoms with Crippen molar-refractivity contribution in [2.24, 2.45) is 11.3 Å². The van der Waals surface area contributed by atoms with Crippen molar-refractivity contribution in [3.05, 3.63) is 28.2 Å². The summed E-state index contributed by atoms with van der Waals surface area (Å²) in [5.41, 5.74) is -0.0804. The Bertz CT molecular complexity index is 641. The van der Waals surface area contributed by atoms with Gasteiger partial charge in [0.15, 0.2) is 6.61 Å². The molecule has 2 aliphatic rings. The zero-order valence-electron chi connectivity index (χ0n) is 12.4. The quantitative estimate of drug-likeness (QED) is 0.898. The number of ether oxygens (including phenoxy) is 1. The van der Waals surface area contributed by atoms with E-state index in [-0.39, 0.29) is 23.8 Å². The van der Waals surface area contributed by atoms with E-state index < -0.39 is 5.97 Å². The average Bonchev–Trinajstić information content (AvgIpc) is 3.21. The van der Waals surface area contributed by atoms with E-state index in [1.54, 1.807) is 23.1 Å². The van der Waals surface area contributed by atoms with Crippen molar-refractivity contribution in [1.82, 2.24) is 4.90 Å². The van der Waals surface area contributed by atoms with Crippen molar-refractivity contribution in [1.29, 1.82) is 0 Å². The monoisotopic (exact) mass is 357 g/mol. The highest BCUT2D eigenvalue weighted by molar-refractivity contribution is 6.35. The second-order valence-corrected chi connectivity index (χ2v) is 7.05. The number of amides is 1.